The van der Waals surface area contributed by atoms with Crippen LogP contribution in [0.2, 0.25) is 0 Å². The predicted molar refractivity (Wildman–Crippen MR) is 101 cm³/mol. The van der Waals surface area contributed by atoms with E-state index in [0.29, 0.717) is 30.0 Å². The van der Waals surface area contributed by atoms with Crippen LogP contribution in [0, 0.1) is 25.5 Å². The van der Waals surface area contributed by atoms with Gasteiger partial charge in [-0.1, -0.05) is 17.3 Å². The lowest BCUT2D eigenvalue weighted by atomic mass is 10.0. The first-order valence-electron chi connectivity index (χ1n) is 9.06. The summed E-state index contributed by atoms with van der Waals surface area (Å²) in [5, 5.41) is 4.20. The molecule has 0 unspecified atom stereocenters. The van der Waals surface area contributed by atoms with Gasteiger partial charge in [-0.2, -0.15) is 0 Å². The molecule has 5 rings (SSSR count). The highest BCUT2D eigenvalue weighted by molar-refractivity contribution is 5.74. The van der Waals surface area contributed by atoms with E-state index in [2.05, 4.69) is 14.7 Å². The Morgan fingerprint density at radius 3 is 2.61 bits per heavy atom. The Morgan fingerprint density at radius 2 is 1.79 bits per heavy atom. The van der Waals surface area contributed by atoms with Crippen molar-refractivity contribution in [3.05, 3.63) is 82.2 Å². The molecule has 2 aromatic carbocycles. The van der Waals surface area contributed by atoms with Gasteiger partial charge in [0, 0.05) is 23.9 Å². The highest BCUT2D eigenvalue weighted by Gasteiger charge is 2.31. The average molecular weight is 377 g/mol. The second-order valence-corrected chi connectivity index (χ2v) is 7.20. The Bertz CT molecular complexity index is 1220. The topological polar surface area (TPSA) is 43.9 Å². The van der Waals surface area contributed by atoms with Crippen LogP contribution >= 0.6 is 0 Å². The first kappa shape index (κ1) is 16.9. The number of aryl methyl sites for hydroxylation is 2. The van der Waals surface area contributed by atoms with Gasteiger partial charge >= 0.3 is 0 Å². The summed E-state index contributed by atoms with van der Waals surface area (Å²) in [6, 6.07) is 9.44. The molecule has 0 bridgehead atoms. The molecule has 0 N–H and O–H groups in total. The van der Waals surface area contributed by atoms with Gasteiger partial charge in [0.1, 0.15) is 11.6 Å². The SMILES string of the molecule is Cc1ccc(F)cc1Cc1cnc2n1Cc1c-2noc1-c1cc(F)ccc1C. The third kappa shape index (κ3) is 2.56. The highest BCUT2D eigenvalue weighted by Crippen LogP contribution is 2.39. The third-order valence-electron chi connectivity index (χ3n) is 5.38. The summed E-state index contributed by atoms with van der Waals surface area (Å²) in [5.41, 5.74) is 6.13. The number of fused-ring (bicyclic) bond motifs is 3. The molecular formula is C22H17F2N3O. The van der Waals surface area contributed by atoms with E-state index in [4.69, 9.17) is 4.52 Å². The average Bonchev–Trinajstić information content (AvgIpc) is 3.33. The number of halogens is 2. The number of nitrogens with zero attached hydrogens (tertiary/aromatic N) is 3. The lowest BCUT2D eigenvalue weighted by Gasteiger charge is -2.09. The molecule has 2 aromatic heterocycles. The summed E-state index contributed by atoms with van der Waals surface area (Å²) in [7, 11) is 0. The van der Waals surface area contributed by atoms with Gasteiger partial charge in [0.15, 0.2) is 17.3 Å². The van der Waals surface area contributed by atoms with E-state index >= 15 is 0 Å². The summed E-state index contributed by atoms with van der Waals surface area (Å²) in [5.74, 6) is 0.736. The molecule has 4 aromatic rings. The van der Waals surface area contributed by atoms with E-state index in [1.165, 1.54) is 18.2 Å². The maximum Gasteiger partial charge on any atom is 0.172 e. The van der Waals surface area contributed by atoms with Crippen molar-refractivity contribution in [2.24, 2.45) is 0 Å². The number of imidazole rings is 1. The molecule has 0 radical (unpaired) electrons. The molecule has 1 aliphatic rings. The number of benzene rings is 2. The molecule has 0 aliphatic carbocycles. The predicted octanol–water partition coefficient (Wildman–Crippen LogP) is 5.05. The first-order valence-corrected chi connectivity index (χ1v) is 9.06. The monoisotopic (exact) mass is 377 g/mol. The normalized spacial score (nSPS) is 12.3. The van der Waals surface area contributed by atoms with E-state index in [9.17, 15) is 8.78 Å². The van der Waals surface area contributed by atoms with Crippen molar-refractivity contribution < 1.29 is 13.3 Å². The lowest BCUT2D eigenvalue weighted by molar-refractivity contribution is 0.431. The maximum absolute atomic E-state index is 13.8. The van der Waals surface area contributed by atoms with E-state index in [0.717, 1.165) is 33.8 Å². The van der Waals surface area contributed by atoms with Gasteiger partial charge in [0.05, 0.1) is 12.1 Å². The Labute approximate surface area is 160 Å². The van der Waals surface area contributed by atoms with Crippen LogP contribution in [0.5, 0.6) is 0 Å². The largest absolute Gasteiger partial charge is 0.355 e. The lowest BCUT2D eigenvalue weighted by Crippen LogP contribution is -2.03. The third-order valence-corrected chi connectivity index (χ3v) is 5.38. The zero-order chi connectivity index (χ0) is 19.4. The molecule has 3 heterocycles. The summed E-state index contributed by atoms with van der Waals surface area (Å²) in [6.45, 7) is 4.43. The van der Waals surface area contributed by atoms with Crippen LogP contribution in [0.3, 0.4) is 0 Å². The van der Waals surface area contributed by atoms with Gasteiger partial charge in [-0.15, -0.1) is 0 Å². The molecule has 6 heteroatoms. The van der Waals surface area contributed by atoms with Crippen LogP contribution in [0.25, 0.3) is 22.8 Å². The first-order chi connectivity index (χ1) is 13.5. The minimum absolute atomic E-state index is 0.247. The standard InChI is InChI=1S/C22H17F2N3O/c1-12-3-5-15(23)7-14(12)8-17-10-25-22-20-19(11-27(17)22)21(28-26-20)18-9-16(24)6-4-13(18)2/h3-7,9-10H,8,11H2,1-2H3. The van der Waals surface area contributed by atoms with Gasteiger partial charge in [-0.05, 0) is 54.8 Å². The Kier molecular flexibility index (Phi) is 3.69. The van der Waals surface area contributed by atoms with Crippen molar-refractivity contribution in [2.45, 2.75) is 26.8 Å². The molecule has 140 valence electrons. The highest BCUT2D eigenvalue weighted by atomic mass is 19.1. The summed E-state index contributed by atoms with van der Waals surface area (Å²) < 4.78 is 35.0. The maximum atomic E-state index is 13.8. The van der Waals surface area contributed by atoms with E-state index in [1.807, 2.05) is 13.8 Å². The molecule has 1 aliphatic heterocycles. The van der Waals surface area contributed by atoms with E-state index in [1.54, 1.807) is 24.4 Å². The summed E-state index contributed by atoms with van der Waals surface area (Å²) in [6.07, 6.45) is 2.37. The molecule has 0 saturated heterocycles. The van der Waals surface area contributed by atoms with Crippen molar-refractivity contribution >= 4 is 0 Å². The van der Waals surface area contributed by atoms with Gasteiger partial charge in [-0.3, -0.25) is 0 Å². The molecule has 0 spiro atoms. The number of rotatable bonds is 3. The molecule has 4 nitrogen and oxygen atoms in total. The second-order valence-electron chi connectivity index (χ2n) is 7.20. The Morgan fingerprint density at radius 1 is 1.04 bits per heavy atom. The molecular weight excluding hydrogens is 360 g/mol. The molecule has 0 atom stereocenters. The van der Waals surface area contributed by atoms with Crippen LogP contribution in [0.1, 0.15) is 27.9 Å². The number of hydrogen-bond donors (Lipinski definition) is 0. The van der Waals surface area contributed by atoms with Gasteiger partial charge in [-0.25, -0.2) is 13.8 Å². The minimum atomic E-state index is -0.316. The second kappa shape index (κ2) is 6.12. The van der Waals surface area contributed by atoms with Crippen LogP contribution in [-0.4, -0.2) is 14.7 Å². The zero-order valence-corrected chi connectivity index (χ0v) is 15.5. The van der Waals surface area contributed by atoms with Crippen molar-refractivity contribution in [3.63, 3.8) is 0 Å². The smallest absolute Gasteiger partial charge is 0.172 e. The van der Waals surface area contributed by atoms with Crippen molar-refractivity contribution in [1.82, 2.24) is 14.7 Å². The van der Waals surface area contributed by atoms with E-state index < -0.39 is 0 Å². The fourth-order valence-corrected chi connectivity index (χ4v) is 3.78. The van der Waals surface area contributed by atoms with Crippen LogP contribution in [-0.2, 0) is 13.0 Å². The molecule has 0 fully saturated rings. The molecule has 0 saturated carbocycles. The summed E-state index contributed by atoms with van der Waals surface area (Å²) >= 11 is 0. The van der Waals surface area contributed by atoms with Crippen molar-refractivity contribution in [3.8, 4) is 22.8 Å². The van der Waals surface area contributed by atoms with Crippen molar-refractivity contribution in [2.75, 3.05) is 0 Å². The fourth-order valence-electron chi connectivity index (χ4n) is 3.78. The van der Waals surface area contributed by atoms with Crippen LogP contribution in [0.15, 0.2) is 47.1 Å². The fraction of sp³-hybridized carbons (Fsp3) is 0.182. The van der Waals surface area contributed by atoms with Crippen LogP contribution < -0.4 is 0 Å². The van der Waals surface area contributed by atoms with Gasteiger partial charge in [0.25, 0.3) is 0 Å². The quantitative estimate of drug-likeness (QED) is 0.442. The number of aromatic nitrogens is 3. The number of hydrogen-bond acceptors (Lipinski definition) is 3. The van der Waals surface area contributed by atoms with Crippen LogP contribution in [0.4, 0.5) is 8.78 Å². The minimum Gasteiger partial charge on any atom is -0.355 e. The molecule has 0 amide bonds. The van der Waals surface area contributed by atoms with Crippen molar-refractivity contribution in [1.29, 1.82) is 0 Å². The Balaban J connectivity index is 1.53. The van der Waals surface area contributed by atoms with Gasteiger partial charge in [0.2, 0.25) is 0 Å². The van der Waals surface area contributed by atoms with Gasteiger partial charge < -0.3 is 9.09 Å². The van der Waals surface area contributed by atoms with E-state index in [-0.39, 0.29) is 11.6 Å². The molecule has 28 heavy (non-hydrogen) atoms. The zero-order valence-electron chi connectivity index (χ0n) is 15.5. The Hall–Kier alpha value is -3.28. The summed E-state index contributed by atoms with van der Waals surface area (Å²) in [4.78, 5) is 4.51.